The summed E-state index contributed by atoms with van der Waals surface area (Å²) in [5, 5.41) is 3.98. The Morgan fingerprint density at radius 1 is 0.971 bits per heavy atom. The van der Waals surface area contributed by atoms with Gasteiger partial charge in [-0.2, -0.15) is 0 Å². The molecule has 0 saturated carbocycles. The summed E-state index contributed by atoms with van der Waals surface area (Å²) in [7, 11) is 0. The Balaban J connectivity index is 1.33. The molecule has 0 atom stereocenters. The fourth-order valence-corrected chi connectivity index (χ4v) is 4.55. The minimum atomic E-state index is -0.358. The van der Waals surface area contributed by atoms with Crippen LogP contribution in [0.1, 0.15) is 31.4 Å². The lowest BCUT2D eigenvalue weighted by Crippen LogP contribution is -2.22. The van der Waals surface area contributed by atoms with Crippen LogP contribution in [0.4, 0.5) is 4.39 Å². The van der Waals surface area contributed by atoms with Crippen molar-refractivity contribution in [3.8, 4) is 5.69 Å². The van der Waals surface area contributed by atoms with Gasteiger partial charge in [0.25, 0.3) is 5.56 Å². The molecule has 0 unspecified atom stereocenters. The molecule has 2 heterocycles. The Kier molecular flexibility index (Phi) is 8.04. The summed E-state index contributed by atoms with van der Waals surface area (Å²) in [6.07, 6.45) is 4.72. The van der Waals surface area contributed by atoms with Crippen LogP contribution in [0.2, 0.25) is 0 Å². The number of hydrogen-bond donors (Lipinski definition) is 1. The molecular weight excluding hydrogens is 451 g/mol. The first kappa shape index (κ1) is 23.6. The van der Waals surface area contributed by atoms with E-state index in [1.807, 2.05) is 30.3 Å². The highest BCUT2D eigenvalue weighted by Crippen LogP contribution is 2.23. The number of thioether (sulfide) groups is 1. The summed E-state index contributed by atoms with van der Waals surface area (Å²) in [5.74, 6) is 0.408. The predicted octanol–water partition coefficient (Wildman–Crippen LogP) is 4.89. The normalized spacial score (nSPS) is 11.0. The van der Waals surface area contributed by atoms with Gasteiger partial charge in [0.05, 0.1) is 28.8 Å². The van der Waals surface area contributed by atoms with Crippen LogP contribution >= 0.6 is 11.8 Å². The van der Waals surface area contributed by atoms with E-state index in [0.717, 1.165) is 30.7 Å². The largest absolute Gasteiger partial charge is 0.350 e. The van der Waals surface area contributed by atoms with Gasteiger partial charge in [-0.3, -0.25) is 19.1 Å². The van der Waals surface area contributed by atoms with Crippen molar-refractivity contribution in [3.05, 3.63) is 94.8 Å². The number of rotatable bonds is 10. The van der Waals surface area contributed by atoms with Crippen LogP contribution in [-0.4, -0.2) is 26.2 Å². The number of nitrogens with one attached hydrogen (secondary N) is 1. The van der Waals surface area contributed by atoms with E-state index in [1.165, 1.54) is 28.5 Å². The summed E-state index contributed by atoms with van der Waals surface area (Å²) in [5.41, 5.74) is 1.88. The monoisotopic (exact) mass is 476 g/mol. The van der Waals surface area contributed by atoms with Crippen molar-refractivity contribution in [1.82, 2.24) is 19.9 Å². The number of nitrogens with zero attached hydrogens (tertiary/aromatic N) is 3. The third-order valence-electron chi connectivity index (χ3n) is 5.30. The molecule has 174 valence electrons. The van der Waals surface area contributed by atoms with Crippen LogP contribution in [0.3, 0.4) is 0 Å². The Bertz CT molecular complexity index is 1310. The van der Waals surface area contributed by atoms with Crippen molar-refractivity contribution in [3.63, 3.8) is 0 Å². The van der Waals surface area contributed by atoms with Gasteiger partial charge in [-0.25, -0.2) is 9.37 Å². The minimum absolute atomic E-state index is 0.0136. The van der Waals surface area contributed by atoms with Crippen LogP contribution in [0.15, 0.2) is 82.9 Å². The molecule has 8 heteroatoms. The van der Waals surface area contributed by atoms with Gasteiger partial charge in [-0.05, 0) is 61.4 Å². The first-order chi connectivity index (χ1) is 16.6. The van der Waals surface area contributed by atoms with E-state index < -0.39 is 0 Å². The van der Waals surface area contributed by atoms with E-state index in [9.17, 15) is 14.0 Å². The highest BCUT2D eigenvalue weighted by Gasteiger charge is 2.13. The van der Waals surface area contributed by atoms with Gasteiger partial charge in [0.2, 0.25) is 5.91 Å². The van der Waals surface area contributed by atoms with E-state index in [-0.39, 0.29) is 17.3 Å². The lowest BCUT2D eigenvalue weighted by atomic mass is 10.2. The maximum atomic E-state index is 13.4. The second-order valence-electron chi connectivity index (χ2n) is 7.79. The zero-order valence-corrected chi connectivity index (χ0v) is 19.4. The topological polar surface area (TPSA) is 76.9 Å². The zero-order chi connectivity index (χ0) is 23.8. The summed E-state index contributed by atoms with van der Waals surface area (Å²) in [6, 6.07) is 18.7. The van der Waals surface area contributed by atoms with E-state index >= 15 is 0 Å². The number of para-hydroxylation sites is 1. The molecule has 0 bridgehead atoms. The molecule has 1 amide bonds. The number of hydrogen-bond acceptors (Lipinski definition) is 5. The van der Waals surface area contributed by atoms with Crippen molar-refractivity contribution < 1.29 is 9.18 Å². The molecule has 2 aromatic heterocycles. The third kappa shape index (κ3) is 6.08. The molecule has 2 aromatic carbocycles. The van der Waals surface area contributed by atoms with Gasteiger partial charge in [-0.15, -0.1) is 0 Å². The summed E-state index contributed by atoms with van der Waals surface area (Å²) < 4.78 is 15.0. The van der Waals surface area contributed by atoms with Crippen molar-refractivity contribution in [2.24, 2.45) is 0 Å². The molecule has 0 saturated heterocycles. The Morgan fingerprint density at radius 3 is 2.56 bits per heavy atom. The Labute approximate surface area is 201 Å². The maximum absolute atomic E-state index is 13.4. The van der Waals surface area contributed by atoms with E-state index in [2.05, 4.69) is 10.3 Å². The highest BCUT2D eigenvalue weighted by molar-refractivity contribution is 7.99. The van der Waals surface area contributed by atoms with Crippen molar-refractivity contribution in [2.45, 2.75) is 37.4 Å². The molecule has 0 aliphatic carbocycles. The van der Waals surface area contributed by atoms with Gasteiger partial charge in [0.15, 0.2) is 5.16 Å². The summed E-state index contributed by atoms with van der Waals surface area (Å²) in [6.45, 7) is 0.435. The molecule has 0 radical (unpaired) electrons. The predicted molar refractivity (Wildman–Crippen MR) is 133 cm³/mol. The Morgan fingerprint density at radius 2 is 1.76 bits per heavy atom. The van der Waals surface area contributed by atoms with Gasteiger partial charge in [0.1, 0.15) is 5.82 Å². The first-order valence-electron chi connectivity index (χ1n) is 11.2. The number of unbranched alkanes of at least 4 members (excludes halogenated alkanes) is 2. The fourth-order valence-electron chi connectivity index (χ4n) is 3.54. The number of aromatic nitrogens is 3. The number of carbonyl (C=O) groups excluding carboxylic acids is 1. The Hall–Kier alpha value is -3.52. The molecule has 0 aliphatic heterocycles. The molecule has 4 rings (SSSR count). The standard InChI is InChI=1S/C26H25FN4O2S/c27-19-12-14-21(15-13-19)31-25(33)22-9-3-4-10-23(22)30-26(31)34-17-7-1-2-11-24(32)29-18-20-8-5-6-16-28-20/h3-6,8-10,12-16H,1-2,7,11,17-18H2,(H,29,32). The molecule has 0 spiro atoms. The third-order valence-corrected chi connectivity index (χ3v) is 6.33. The van der Waals surface area contributed by atoms with Crippen molar-refractivity contribution in [2.75, 3.05) is 5.75 Å². The lowest BCUT2D eigenvalue weighted by Gasteiger charge is -2.13. The van der Waals surface area contributed by atoms with E-state index in [0.29, 0.717) is 34.7 Å². The molecule has 0 fully saturated rings. The number of fused-ring (bicyclic) bond motifs is 1. The second kappa shape index (κ2) is 11.6. The van der Waals surface area contributed by atoms with Crippen LogP contribution in [-0.2, 0) is 11.3 Å². The van der Waals surface area contributed by atoms with Gasteiger partial charge < -0.3 is 5.32 Å². The average Bonchev–Trinajstić information content (AvgIpc) is 2.86. The van der Waals surface area contributed by atoms with Crippen LogP contribution in [0, 0.1) is 5.82 Å². The lowest BCUT2D eigenvalue weighted by molar-refractivity contribution is -0.121. The zero-order valence-electron chi connectivity index (χ0n) is 18.6. The highest BCUT2D eigenvalue weighted by atomic mass is 32.2. The maximum Gasteiger partial charge on any atom is 0.266 e. The first-order valence-corrected chi connectivity index (χ1v) is 12.2. The van der Waals surface area contributed by atoms with Crippen LogP contribution < -0.4 is 10.9 Å². The molecule has 34 heavy (non-hydrogen) atoms. The number of halogens is 1. The number of carbonyl (C=O) groups is 1. The summed E-state index contributed by atoms with van der Waals surface area (Å²) >= 11 is 1.49. The number of benzene rings is 2. The average molecular weight is 477 g/mol. The van der Waals surface area contributed by atoms with E-state index in [4.69, 9.17) is 4.98 Å². The molecule has 6 nitrogen and oxygen atoms in total. The SMILES string of the molecule is O=C(CCCCCSc1nc2ccccc2c(=O)n1-c1ccc(F)cc1)NCc1ccccn1. The number of pyridine rings is 1. The van der Waals surface area contributed by atoms with Crippen molar-refractivity contribution >= 4 is 28.6 Å². The number of amides is 1. The smallest absolute Gasteiger partial charge is 0.266 e. The van der Waals surface area contributed by atoms with Gasteiger partial charge in [0, 0.05) is 18.4 Å². The minimum Gasteiger partial charge on any atom is -0.350 e. The van der Waals surface area contributed by atoms with Gasteiger partial charge in [-0.1, -0.05) is 36.4 Å². The van der Waals surface area contributed by atoms with Crippen LogP contribution in [0.25, 0.3) is 16.6 Å². The molecule has 1 N–H and O–H groups in total. The van der Waals surface area contributed by atoms with Gasteiger partial charge >= 0.3 is 0 Å². The molecular formula is C26H25FN4O2S. The van der Waals surface area contributed by atoms with Crippen LogP contribution in [0.5, 0.6) is 0 Å². The second-order valence-corrected chi connectivity index (χ2v) is 8.85. The molecule has 4 aromatic rings. The van der Waals surface area contributed by atoms with Crippen molar-refractivity contribution in [1.29, 1.82) is 0 Å². The quantitative estimate of drug-likeness (QED) is 0.200. The van der Waals surface area contributed by atoms with E-state index in [1.54, 1.807) is 30.5 Å². The summed E-state index contributed by atoms with van der Waals surface area (Å²) in [4.78, 5) is 34.1. The molecule has 0 aliphatic rings. The fraction of sp³-hybridized carbons (Fsp3) is 0.231.